The molecule has 0 fully saturated rings. The van der Waals surface area contributed by atoms with Gasteiger partial charge in [0.1, 0.15) is 21.3 Å². The topological polar surface area (TPSA) is 85.2 Å². The quantitative estimate of drug-likeness (QED) is 0.373. The Morgan fingerprint density at radius 3 is 2.61 bits per heavy atom. The van der Waals surface area contributed by atoms with Gasteiger partial charge in [-0.2, -0.15) is 0 Å². The van der Waals surface area contributed by atoms with E-state index in [1.54, 1.807) is 6.20 Å². The molecule has 0 aliphatic rings. The molecule has 8 nitrogen and oxygen atoms in total. The maximum Gasteiger partial charge on any atom is 0.348 e. The van der Waals surface area contributed by atoms with Crippen molar-refractivity contribution in [1.29, 1.82) is 0 Å². The highest BCUT2D eigenvalue weighted by Gasteiger charge is 2.21. The molecule has 0 atom stereocenters. The first-order chi connectivity index (χ1) is 15.9. The highest BCUT2D eigenvalue weighted by Crippen LogP contribution is 2.34. The van der Waals surface area contributed by atoms with E-state index in [0.717, 1.165) is 33.7 Å². The summed E-state index contributed by atoms with van der Waals surface area (Å²) in [4.78, 5) is 29.4. The molecule has 1 N–H and O–H groups in total. The number of benzene rings is 1. The van der Waals surface area contributed by atoms with Crippen LogP contribution in [0.15, 0.2) is 43.0 Å². The van der Waals surface area contributed by atoms with E-state index >= 15 is 0 Å². The molecule has 3 heterocycles. The monoisotopic (exact) mass is 464 g/mol. The summed E-state index contributed by atoms with van der Waals surface area (Å²) in [5.41, 5.74) is 3.20. The summed E-state index contributed by atoms with van der Waals surface area (Å²) < 4.78 is 7.28. The number of aryl methyl sites for hydroxylation is 1. The lowest BCUT2D eigenvalue weighted by Gasteiger charge is -2.13. The van der Waals surface area contributed by atoms with Gasteiger partial charge in [0.2, 0.25) is 0 Å². The Balaban J connectivity index is 1.59. The van der Waals surface area contributed by atoms with E-state index < -0.39 is 0 Å². The minimum atomic E-state index is -0.313. The average molecular weight is 465 g/mol. The summed E-state index contributed by atoms with van der Waals surface area (Å²) in [6, 6.07) is 8.48. The van der Waals surface area contributed by atoms with Crippen molar-refractivity contribution in [2.75, 3.05) is 26.0 Å². The number of fused-ring (bicyclic) bond motifs is 1. The highest BCUT2D eigenvalue weighted by molar-refractivity contribution is 7.20. The third-order valence-electron chi connectivity index (χ3n) is 5.16. The number of aromatic nitrogens is 4. The number of rotatable bonds is 9. The second-order valence-corrected chi connectivity index (χ2v) is 9.09. The molecule has 9 heteroatoms. The molecule has 0 aliphatic carbocycles. The van der Waals surface area contributed by atoms with Crippen LogP contribution in [-0.4, -0.2) is 51.1 Å². The predicted octanol–water partition coefficient (Wildman–Crippen LogP) is 4.09. The zero-order valence-corrected chi connectivity index (χ0v) is 20.1. The summed E-state index contributed by atoms with van der Waals surface area (Å²) in [5.74, 6) is 1.14. The van der Waals surface area contributed by atoms with Crippen LogP contribution in [-0.2, 0) is 24.4 Å². The number of anilines is 1. The van der Waals surface area contributed by atoms with Crippen molar-refractivity contribution in [3.8, 4) is 0 Å². The Hall–Kier alpha value is -3.30. The fourth-order valence-corrected chi connectivity index (χ4v) is 4.69. The van der Waals surface area contributed by atoms with Gasteiger partial charge < -0.3 is 19.5 Å². The van der Waals surface area contributed by atoms with Crippen LogP contribution in [0.25, 0.3) is 10.2 Å². The molecule has 3 aromatic heterocycles. The van der Waals surface area contributed by atoms with Crippen molar-refractivity contribution in [3.63, 3.8) is 0 Å². The fourth-order valence-electron chi connectivity index (χ4n) is 3.60. The van der Waals surface area contributed by atoms with Crippen LogP contribution in [0.4, 0.5) is 5.82 Å². The van der Waals surface area contributed by atoms with Gasteiger partial charge in [0.05, 0.1) is 24.9 Å². The lowest BCUT2D eigenvalue weighted by Crippen LogP contribution is -2.14. The molecule has 4 aromatic rings. The summed E-state index contributed by atoms with van der Waals surface area (Å²) >= 11 is 1.36. The Bertz CT molecular complexity index is 1230. The van der Waals surface area contributed by atoms with Gasteiger partial charge in [0, 0.05) is 25.5 Å². The molecule has 0 amide bonds. The Labute approximate surface area is 197 Å². The van der Waals surface area contributed by atoms with Gasteiger partial charge in [-0.15, -0.1) is 11.3 Å². The van der Waals surface area contributed by atoms with Crippen LogP contribution >= 0.6 is 11.3 Å². The van der Waals surface area contributed by atoms with Crippen molar-refractivity contribution in [2.45, 2.75) is 33.5 Å². The number of esters is 1. The normalized spacial score (nSPS) is 11.3. The first-order valence-corrected chi connectivity index (χ1v) is 11.7. The number of nitrogens with zero attached hydrogens (tertiary/aromatic N) is 5. The molecule has 172 valence electrons. The van der Waals surface area contributed by atoms with Gasteiger partial charge in [-0.1, -0.05) is 24.3 Å². The van der Waals surface area contributed by atoms with Gasteiger partial charge in [-0.05, 0) is 44.6 Å². The van der Waals surface area contributed by atoms with Crippen molar-refractivity contribution in [3.05, 3.63) is 70.4 Å². The van der Waals surface area contributed by atoms with Gasteiger partial charge in [0.25, 0.3) is 0 Å². The van der Waals surface area contributed by atoms with E-state index in [1.165, 1.54) is 16.9 Å². The smallest absolute Gasteiger partial charge is 0.348 e. The second kappa shape index (κ2) is 10.1. The number of nitrogens with one attached hydrogen (secondary N) is 1. The first kappa shape index (κ1) is 22.9. The lowest BCUT2D eigenvalue weighted by atomic mass is 10.1. The van der Waals surface area contributed by atoms with Crippen LogP contribution in [0.5, 0.6) is 0 Å². The minimum absolute atomic E-state index is 0.313. The van der Waals surface area contributed by atoms with Crippen LogP contribution in [0.3, 0.4) is 0 Å². The molecule has 4 rings (SSSR count). The number of carbonyl (C=O) groups is 1. The fraction of sp³-hybridized carbons (Fsp3) is 0.333. The van der Waals surface area contributed by atoms with Gasteiger partial charge in [-0.3, -0.25) is 0 Å². The standard InChI is InChI=1S/C24H28N6O2S/c1-5-32-24(31)21-16(2)20-22(27-19(14-29(3)4)28-23(20)33-21)26-12-17-6-8-18(9-7-17)13-30-11-10-25-15-30/h6-11,15H,5,12-14H2,1-4H3,(H,26,27,28). The molecule has 0 aliphatic heterocycles. The number of thiophene rings is 1. The highest BCUT2D eigenvalue weighted by atomic mass is 32.1. The van der Waals surface area contributed by atoms with E-state index in [9.17, 15) is 4.79 Å². The molecular formula is C24H28N6O2S. The average Bonchev–Trinajstić information content (AvgIpc) is 3.40. The molecular weight excluding hydrogens is 436 g/mol. The number of ether oxygens (including phenoxy) is 1. The number of imidazole rings is 1. The predicted molar refractivity (Wildman–Crippen MR) is 131 cm³/mol. The number of hydrogen-bond acceptors (Lipinski definition) is 8. The zero-order chi connectivity index (χ0) is 23.4. The summed E-state index contributed by atoms with van der Waals surface area (Å²) in [6.45, 7) is 6.09. The van der Waals surface area contributed by atoms with Gasteiger partial charge >= 0.3 is 5.97 Å². The molecule has 0 saturated heterocycles. The molecule has 0 unspecified atom stereocenters. The van der Waals surface area contributed by atoms with Crippen molar-refractivity contribution < 1.29 is 9.53 Å². The molecule has 1 aromatic carbocycles. The SMILES string of the molecule is CCOC(=O)c1sc2nc(CN(C)C)nc(NCc3ccc(Cn4ccnc4)cc3)c2c1C. The molecule has 0 radical (unpaired) electrons. The summed E-state index contributed by atoms with van der Waals surface area (Å²) in [6.07, 6.45) is 5.55. The number of carbonyl (C=O) groups excluding carboxylic acids is 1. The Morgan fingerprint density at radius 2 is 1.94 bits per heavy atom. The van der Waals surface area contributed by atoms with Crippen molar-refractivity contribution in [1.82, 2.24) is 24.4 Å². The maximum atomic E-state index is 12.4. The van der Waals surface area contributed by atoms with Crippen molar-refractivity contribution in [2.24, 2.45) is 0 Å². The van der Waals surface area contributed by atoms with E-state index in [-0.39, 0.29) is 5.97 Å². The van der Waals surface area contributed by atoms with Gasteiger partial charge in [-0.25, -0.2) is 19.7 Å². The second-order valence-electron chi connectivity index (χ2n) is 8.09. The molecule has 0 spiro atoms. The van der Waals surface area contributed by atoms with E-state index in [4.69, 9.17) is 14.7 Å². The van der Waals surface area contributed by atoms with E-state index in [1.807, 2.05) is 49.9 Å². The largest absolute Gasteiger partial charge is 0.462 e. The van der Waals surface area contributed by atoms with E-state index in [0.29, 0.717) is 30.4 Å². The molecule has 0 saturated carbocycles. The van der Waals surface area contributed by atoms with Crippen LogP contribution < -0.4 is 5.32 Å². The van der Waals surface area contributed by atoms with Crippen LogP contribution in [0.1, 0.15) is 39.1 Å². The lowest BCUT2D eigenvalue weighted by molar-refractivity contribution is 0.0531. The summed E-state index contributed by atoms with van der Waals surface area (Å²) in [5, 5.41) is 4.35. The Kier molecular flexibility index (Phi) is 7.00. The minimum Gasteiger partial charge on any atom is -0.462 e. The maximum absolute atomic E-state index is 12.4. The zero-order valence-electron chi connectivity index (χ0n) is 19.3. The molecule has 0 bridgehead atoms. The van der Waals surface area contributed by atoms with E-state index in [2.05, 4.69) is 34.6 Å². The van der Waals surface area contributed by atoms with Crippen LogP contribution in [0, 0.1) is 6.92 Å². The van der Waals surface area contributed by atoms with Crippen molar-refractivity contribution >= 4 is 33.3 Å². The summed E-state index contributed by atoms with van der Waals surface area (Å²) in [7, 11) is 3.96. The van der Waals surface area contributed by atoms with Gasteiger partial charge in [0.15, 0.2) is 0 Å². The van der Waals surface area contributed by atoms with Crippen LogP contribution in [0.2, 0.25) is 0 Å². The first-order valence-electron chi connectivity index (χ1n) is 10.8. The third kappa shape index (κ3) is 5.37. The Morgan fingerprint density at radius 1 is 1.18 bits per heavy atom. The number of hydrogen-bond donors (Lipinski definition) is 1. The third-order valence-corrected chi connectivity index (χ3v) is 6.33. The molecule has 33 heavy (non-hydrogen) atoms.